The molecular formula is C16H16FNO4S. The number of esters is 1. The number of benzene rings is 2. The second-order valence-electron chi connectivity index (χ2n) is 4.88. The number of aryl methyl sites for hydroxylation is 1. The van der Waals surface area contributed by atoms with Crippen LogP contribution in [0.4, 0.5) is 10.1 Å². The molecule has 7 heteroatoms. The molecule has 0 radical (unpaired) electrons. The predicted molar refractivity (Wildman–Crippen MR) is 84.1 cm³/mol. The number of halogens is 1. The van der Waals surface area contributed by atoms with Crippen molar-refractivity contribution in [3.63, 3.8) is 0 Å². The fourth-order valence-electron chi connectivity index (χ4n) is 1.94. The van der Waals surface area contributed by atoms with Gasteiger partial charge in [0, 0.05) is 0 Å². The van der Waals surface area contributed by atoms with E-state index in [1.807, 2.05) is 6.92 Å². The largest absolute Gasteiger partial charge is 0.468 e. The van der Waals surface area contributed by atoms with Gasteiger partial charge in [-0.15, -0.1) is 0 Å². The molecule has 0 fully saturated rings. The Morgan fingerprint density at radius 1 is 1.09 bits per heavy atom. The van der Waals surface area contributed by atoms with E-state index >= 15 is 0 Å². The summed E-state index contributed by atoms with van der Waals surface area (Å²) in [5, 5.41) is 0. The number of anilines is 1. The number of methoxy groups -OCH3 is 1. The molecule has 23 heavy (non-hydrogen) atoms. The van der Waals surface area contributed by atoms with Gasteiger partial charge in [0.2, 0.25) is 0 Å². The van der Waals surface area contributed by atoms with E-state index in [0.717, 1.165) is 22.0 Å². The second-order valence-corrected chi connectivity index (χ2v) is 6.74. The van der Waals surface area contributed by atoms with Gasteiger partial charge in [0.25, 0.3) is 10.0 Å². The molecule has 0 aliphatic rings. The normalized spacial score (nSPS) is 11.1. The molecule has 0 aliphatic carbocycles. The first-order chi connectivity index (χ1) is 10.8. The highest BCUT2D eigenvalue weighted by Gasteiger charge is 2.27. The van der Waals surface area contributed by atoms with Crippen molar-refractivity contribution in [3.05, 3.63) is 59.9 Å². The van der Waals surface area contributed by atoms with Crippen molar-refractivity contribution < 1.29 is 22.3 Å². The van der Waals surface area contributed by atoms with Crippen LogP contribution in [0.3, 0.4) is 0 Å². The highest BCUT2D eigenvalue weighted by molar-refractivity contribution is 7.92. The molecule has 2 aromatic carbocycles. The molecule has 0 aromatic heterocycles. The molecule has 0 amide bonds. The molecule has 0 unspecified atom stereocenters. The molecule has 0 bridgehead atoms. The maximum absolute atomic E-state index is 13.1. The second kappa shape index (κ2) is 6.78. The molecular weight excluding hydrogens is 321 g/mol. The van der Waals surface area contributed by atoms with E-state index in [0.29, 0.717) is 0 Å². The van der Waals surface area contributed by atoms with Crippen molar-refractivity contribution in [1.82, 2.24) is 0 Å². The highest BCUT2D eigenvalue weighted by Crippen LogP contribution is 2.24. The van der Waals surface area contributed by atoms with Gasteiger partial charge in [0.15, 0.2) is 0 Å². The third-order valence-electron chi connectivity index (χ3n) is 3.22. The number of carbonyl (C=O) groups excluding carboxylic acids is 1. The molecule has 0 saturated heterocycles. The lowest BCUT2D eigenvalue weighted by atomic mass is 10.2. The maximum atomic E-state index is 13.1. The third kappa shape index (κ3) is 3.87. The van der Waals surface area contributed by atoms with Crippen LogP contribution >= 0.6 is 0 Å². The molecule has 2 rings (SSSR count). The summed E-state index contributed by atoms with van der Waals surface area (Å²) >= 11 is 0. The van der Waals surface area contributed by atoms with Crippen molar-refractivity contribution >= 4 is 21.7 Å². The van der Waals surface area contributed by atoms with E-state index < -0.39 is 28.4 Å². The van der Waals surface area contributed by atoms with Crippen molar-refractivity contribution in [3.8, 4) is 0 Å². The summed E-state index contributed by atoms with van der Waals surface area (Å²) in [7, 11) is -2.81. The third-order valence-corrected chi connectivity index (χ3v) is 5.01. The molecule has 0 N–H and O–H groups in total. The van der Waals surface area contributed by atoms with Gasteiger partial charge in [-0.2, -0.15) is 0 Å². The zero-order valence-corrected chi connectivity index (χ0v) is 13.5. The molecule has 0 atom stereocenters. The van der Waals surface area contributed by atoms with Gasteiger partial charge in [0.1, 0.15) is 12.4 Å². The molecule has 0 saturated carbocycles. The number of carbonyl (C=O) groups is 1. The van der Waals surface area contributed by atoms with E-state index in [1.165, 1.54) is 31.4 Å². The van der Waals surface area contributed by atoms with E-state index in [4.69, 9.17) is 0 Å². The molecule has 0 spiro atoms. The topological polar surface area (TPSA) is 63.7 Å². The summed E-state index contributed by atoms with van der Waals surface area (Å²) in [6.07, 6.45) is 0. The van der Waals surface area contributed by atoms with Crippen LogP contribution in [0, 0.1) is 12.7 Å². The lowest BCUT2D eigenvalue weighted by Crippen LogP contribution is -2.36. The lowest BCUT2D eigenvalue weighted by molar-refractivity contribution is -0.138. The van der Waals surface area contributed by atoms with Crippen LogP contribution in [0.1, 0.15) is 5.56 Å². The molecule has 0 heterocycles. The van der Waals surface area contributed by atoms with Crippen LogP contribution in [-0.2, 0) is 19.6 Å². The van der Waals surface area contributed by atoms with Gasteiger partial charge in [-0.3, -0.25) is 9.10 Å². The van der Waals surface area contributed by atoms with Gasteiger partial charge in [-0.1, -0.05) is 17.7 Å². The van der Waals surface area contributed by atoms with Crippen molar-refractivity contribution in [2.75, 3.05) is 18.0 Å². The Bertz CT molecular complexity index is 786. The molecule has 2 aromatic rings. The van der Waals surface area contributed by atoms with E-state index in [9.17, 15) is 17.6 Å². The Balaban J connectivity index is 2.49. The number of sulfonamides is 1. The number of rotatable bonds is 5. The Hall–Kier alpha value is -2.41. The van der Waals surface area contributed by atoms with Gasteiger partial charge in [-0.05, 0) is 43.3 Å². The number of hydrogen-bond donors (Lipinski definition) is 0. The van der Waals surface area contributed by atoms with Crippen LogP contribution in [0.2, 0.25) is 0 Å². The Morgan fingerprint density at radius 3 is 2.17 bits per heavy atom. The van der Waals surface area contributed by atoms with Crippen LogP contribution in [0.15, 0.2) is 53.4 Å². The summed E-state index contributed by atoms with van der Waals surface area (Å²) in [4.78, 5) is 11.6. The minimum absolute atomic E-state index is 0.0383. The van der Waals surface area contributed by atoms with Crippen LogP contribution in [-0.4, -0.2) is 28.0 Å². The fourth-order valence-corrected chi connectivity index (χ4v) is 3.35. The fraction of sp³-hybridized carbons (Fsp3) is 0.188. The zero-order valence-electron chi connectivity index (χ0n) is 12.7. The first-order valence-electron chi connectivity index (χ1n) is 6.76. The van der Waals surface area contributed by atoms with Crippen molar-refractivity contribution in [1.29, 1.82) is 0 Å². The maximum Gasteiger partial charge on any atom is 0.326 e. The van der Waals surface area contributed by atoms with Crippen molar-refractivity contribution in [2.24, 2.45) is 0 Å². The number of hydrogen-bond acceptors (Lipinski definition) is 4. The zero-order chi connectivity index (χ0) is 17.0. The SMILES string of the molecule is COC(=O)CN(c1ccc(F)cc1)S(=O)(=O)c1ccc(C)cc1. The average Bonchev–Trinajstić information content (AvgIpc) is 2.53. The van der Waals surface area contributed by atoms with Crippen molar-refractivity contribution in [2.45, 2.75) is 11.8 Å². The minimum atomic E-state index is -3.98. The summed E-state index contributed by atoms with van der Waals surface area (Å²) in [6.45, 7) is 1.33. The lowest BCUT2D eigenvalue weighted by Gasteiger charge is -2.23. The van der Waals surface area contributed by atoms with Gasteiger partial charge < -0.3 is 4.74 Å². The Morgan fingerprint density at radius 2 is 1.65 bits per heavy atom. The monoisotopic (exact) mass is 337 g/mol. The first kappa shape index (κ1) is 17.0. The van der Waals surface area contributed by atoms with Crippen LogP contribution in [0.5, 0.6) is 0 Å². The van der Waals surface area contributed by atoms with E-state index in [-0.39, 0.29) is 10.6 Å². The van der Waals surface area contributed by atoms with E-state index in [1.54, 1.807) is 12.1 Å². The van der Waals surface area contributed by atoms with Crippen LogP contribution < -0.4 is 4.31 Å². The Kier molecular flexibility index (Phi) is 5.00. The summed E-state index contributed by atoms with van der Waals surface area (Å²) < 4.78 is 44.1. The molecule has 5 nitrogen and oxygen atoms in total. The predicted octanol–water partition coefficient (Wildman–Crippen LogP) is 2.50. The smallest absolute Gasteiger partial charge is 0.326 e. The van der Waals surface area contributed by atoms with E-state index in [2.05, 4.69) is 4.74 Å². The van der Waals surface area contributed by atoms with Gasteiger partial charge in [-0.25, -0.2) is 12.8 Å². The van der Waals surface area contributed by atoms with Gasteiger partial charge in [0.05, 0.1) is 17.7 Å². The van der Waals surface area contributed by atoms with Crippen LogP contribution in [0.25, 0.3) is 0 Å². The summed E-state index contributed by atoms with van der Waals surface area (Å²) in [6, 6.07) is 11.1. The highest BCUT2D eigenvalue weighted by atomic mass is 32.2. The van der Waals surface area contributed by atoms with Gasteiger partial charge >= 0.3 is 5.97 Å². The minimum Gasteiger partial charge on any atom is -0.468 e. The summed E-state index contributed by atoms with van der Waals surface area (Å²) in [5.74, 6) is -1.22. The average molecular weight is 337 g/mol. The molecule has 122 valence electrons. The number of nitrogens with zero attached hydrogens (tertiary/aromatic N) is 1. The standard InChI is InChI=1S/C16H16FNO4S/c1-12-3-9-15(10-4-12)23(20,21)18(11-16(19)22-2)14-7-5-13(17)6-8-14/h3-10H,11H2,1-2H3. The first-order valence-corrected chi connectivity index (χ1v) is 8.20. The summed E-state index contributed by atoms with van der Waals surface area (Å²) in [5.41, 5.74) is 1.09. The quantitative estimate of drug-likeness (QED) is 0.787. The number of ether oxygens (including phenoxy) is 1. The molecule has 0 aliphatic heterocycles. The Labute approximate surface area is 134 Å².